The normalized spacial score (nSPS) is 11.7. The quantitative estimate of drug-likeness (QED) is 0.856. The molecule has 0 spiro atoms. The van der Waals surface area contributed by atoms with E-state index in [9.17, 15) is 14.0 Å². The van der Waals surface area contributed by atoms with Gasteiger partial charge in [-0.25, -0.2) is 4.39 Å². The van der Waals surface area contributed by atoms with Crippen LogP contribution in [-0.4, -0.2) is 11.9 Å². The van der Waals surface area contributed by atoms with Gasteiger partial charge in [0.25, 0.3) is 5.91 Å². The zero-order valence-electron chi connectivity index (χ0n) is 11.2. The number of nitrogens with two attached hydrogens (primary N) is 1. The van der Waals surface area contributed by atoms with Crippen molar-refractivity contribution in [2.24, 2.45) is 5.73 Å². The van der Waals surface area contributed by atoms with E-state index in [1.807, 2.05) is 0 Å². The fourth-order valence-electron chi connectivity index (χ4n) is 1.90. The van der Waals surface area contributed by atoms with Gasteiger partial charge in [-0.05, 0) is 17.7 Å². The lowest BCUT2D eigenvalue weighted by molar-refractivity contribution is -0.154. The summed E-state index contributed by atoms with van der Waals surface area (Å²) >= 11 is 0. The van der Waals surface area contributed by atoms with Crippen molar-refractivity contribution < 1.29 is 18.7 Å². The number of benzene rings is 2. The summed E-state index contributed by atoms with van der Waals surface area (Å²) in [5, 5.41) is 0. The number of ether oxygens (including phenoxy) is 1. The Morgan fingerprint density at radius 3 is 2.43 bits per heavy atom. The molecule has 2 aromatic carbocycles. The first-order valence-electron chi connectivity index (χ1n) is 6.34. The van der Waals surface area contributed by atoms with Gasteiger partial charge in [0.1, 0.15) is 5.82 Å². The molecule has 2 aromatic rings. The van der Waals surface area contributed by atoms with Crippen LogP contribution in [0.1, 0.15) is 17.2 Å². The first-order chi connectivity index (χ1) is 10.1. The summed E-state index contributed by atoms with van der Waals surface area (Å²) in [7, 11) is 0. The Hall–Kier alpha value is -2.69. The highest BCUT2D eigenvalue weighted by Gasteiger charge is 2.22. The molecule has 0 aromatic heterocycles. The Kier molecular flexibility index (Phi) is 4.66. The van der Waals surface area contributed by atoms with Crippen LogP contribution in [0.25, 0.3) is 0 Å². The summed E-state index contributed by atoms with van der Waals surface area (Å²) in [6.45, 7) is 0. The molecule has 5 heteroatoms. The molecule has 108 valence electrons. The maximum atomic E-state index is 13.0. The molecule has 0 aliphatic heterocycles. The molecule has 0 unspecified atom stereocenters. The van der Waals surface area contributed by atoms with E-state index in [1.54, 1.807) is 36.4 Å². The number of halogens is 1. The van der Waals surface area contributed by atoms with E-state index < -0.39 is 23.8 Å². The van der Waals surface area contributed by atoms with E-state index in [1.165, 1.54) is 18.2 Å². The number of carbonyl (C=O) groups is 2. The van der Waals surface area contributed by atoms with Crippen LogP contribution in [0.15, 0.2) is 54.6 Å². The van der Waals surface area contributed by atoms with Crippen molar-refractivity contribution >= 4 is 11.9 Å². The summed E-state index contributed by atoms with van der Waals surface area (Å²) in [4.78, 5) is 23.3. The minimum absolute atomic E-state index is 0.131. The predicted octanol–water partition coefficient (Wildman–Crippen LogP) is 2.14. The summed E-state index contributed by atoms with van der Waals surface area (Å²) in [5.41, 5.74) is 6.22. The van der Waals surface area contributed by atoms with Crippen LogP contribution in [0.5, 0.6) is 0 Å². The lowest BCUT2D eigenvalue weighted by Gasteiger charge is -2.15. The highest BCUT2D eigenvalue weighted by Crippen LogP contribution is 2.18. The third kappa shape index (κ3) is 4.14. The van der Waals surface area contributed by atoms with Gasteiger partial charge < -0.3 is 10.5 Å². The van der Waals surface area contributed by atoms with Crippen LogP contribution >= 0.6 is 0 Å². The molecule has 2 N–H and O–H groups in total. The monoisotopic (exact) mass is 287 g/mol. The van der Waals surface area contributed by atoms with Gasteiger partial charge in [-0.15, -0.1) is 0 Å². The van der Waals surface area contributed by atoms with Crippen molar-refractivity contribution in [2.45, 2.75) is 12.5 Å². The molecular weight excluding hydrogens is 273 g/mol. The van der Waals surface area contributed by atoms with Crippen LogP contribution < -0.4 is 5.73 Å². The number of esters is 1. The van der Waals surface area contributed by atoms with E-state index in [2.05, 4.69) is 0 Å². The van der Waals surface area contributed by atoms with Crippen LogP contribution in [0.4, 0.5) is 4.39 Å². The first kappa shape index (κ1) is 14.7. The fourth-order valence-corrected chi connectivity index (χ4v) is 1.90. The lowest BCUT2D eigenvalue weighted by atomic mass is 10.1. The Morgan fingerprint density at radius 2 is 1.81 bits per heavy atom. The van der Waals surface area contributed by atoms with Crippen molar-refractivity contribution in [1.29, 1.82) is 0 Å². The van der Waals surface area contributed by atoms with Gasteiger partial charge in [0.15, 0.2) is 0 Å². The number of rotatable bonds is 5. The summed E-state index contributed by atoms with van der Waals surface area (Å²) in [6, 6.07) is 14.1. The van der Waals surface area contributed by atoms with Crippen molar-refractivity contribution in [3.05, 3.63) is 71.5 Å². The van der Waals surface area contributed by atoms with Crippen molar-refractivity contribution in [1.82, 2.24) is 0 Å². The second kappa shape index (κ2) is 6.65. The second-order valence-corrected chi connectivity index (χ2v) is 4.49. The molecule has 0 fully saturated rings. The molecule has 2 rings (SSSR count). The Balaban J connectivity index is 2.07. The Bertz CT molecular complexity index is 643. The molecule has 0 aliphatic rings. The fraction of sp³-hybridized carbons (Fsp3) is 0.125. The van der Waals surface area contributed by atoms with E-state index in [-0.39, 0.29) is 6.42 Å². The molecule has 1 amide bonds. The summed E-state index contributed by atoms with van der Waals surface area (Å²) in [6.07, 6.45) is -1.28. The van der Waals surface area contributed by atoms with Crippen LogP contribution in [0.2, 0.25) is 0 Å². The highest BCUT2D eigenvalue weighted by atomic mass is 19.1. The van der Waals surface area contributed by atoms with Gasteiger partial charge in [0.05, 0.1) is 6.42 Å². The molecular formula is C16H14FNO3. The largest absolute Gasteiger partial charge is 0.447 e. The third-order valence-electron chi connectivity index (χ3n) is 2.85. The standard InChI is InChI=1S/C16H14FNO3/c17-13-8-4-5-11(9-13)10-14(19)21-15(16(18)20)12-6-2-1-3-7-12/h1-9,15H,10H2,(H2,18,20)/t15-/m1/s1. The molecule has 0 radical (unpaired) electrons. The maximum absolute atomic E-state index is 13.0. The molecule has 4 nitrogen and oxygen atoms in total. The number of hydrogen-bond acceptors (Lipinski definition) is 3. The van der Waals surface area contributed by atoms with Crippen LogP contribution in [-0.2, 0) is 20.7 Å². The molecule has 0 bridgehead atoms. The maximum Gasteiger partial charge on any atom is 0.311 e. The van der Waals surface area contributed by atoms with E-state index >= 15 is 0 Å². The van der Waals surface area contributed by atoms with Gasteiger partial charge in [0.2, 0.25) is 6.10 Å². The number of amides is 1. The number of carbonyl (C=O) groups excluding carboxylic acids is 2. The third-order valence-corrected chi connectivity index (χ3v) is 2.85. The molecule has 1 atom stereocenters. The van der Waals surface area contributed by atoms with Crippen molar-refractivity contribution in [3.63, 3.8) is 0 Å². The zero-order chi connectivity index (χ0) is 15.2. The van der Waals surface area contributed by atoms with E-state index in [0.29, 0.717) is 11.1 Å². The predicted molar refractivity (Wildman–Crippen MR) is 74.6 cm³/mol. The Labute approximate surface area is 121 Å². The van der Waals surface area contributed by atoms with Gasteiger partial charge in [0, 0.05) is 5.56 Å². The highest BCUT2D eigenvalue weighted by molar-refractivity contribution is 5.84. The number of hydrogen-bond donors (Lipinski definition) is 1. The van der Waals surface area contributed by atoms with E-state index in [4.69, 9.17) is 10.5 Å². The minimum Gasteiger partial charge on any atom is -0.447 e. The smallest absolute Gasteiger partial charge is 0.311 e. The van der Waals surface area contributed by atoms with Gasteiger partial charge in [-0.3, -0.25) is 9.59 Å². The molecule has 0 saturated carbocycles. The SMILES string of the molecule is NC(=O)[C@H](OC(=O)Cc1cccc(F)c1)c1ccccc1. The van der Waals surface area contributed by atoms with Crippen LogP contribution in [0, 0.1) is 5.82 Å². The van der Waals surface area contributed by atoms with Gasteiger partial charge in [-0.1, -0.05) is 42.5 Å². The summed E-state index contributed by atoms with van der Waals surface area (Å²) in [5.74, 6) is -1.84. The average molecular weight is 287 g/mol. The molecule has 21 heavy (non-hydrogen) atoms. The molecule has 0 aliphatic carbocycles. The first-order valence-corrected chi connectivity index (χ1v) is 6.34. The Morgan fingerprint density at radius 1 is 1.10 bits per heavy atom. The van der Waals surface area contributed by atoms with Gasteiger partial charge in [-0.2, -0.15) is 0 Å². The second-order valence-electron chi connectivity index (χ2n) is 4.49. The van der Waals surface area contributed by atoms with Gasteiger partial charge >= 0.3 is 5.97 Å². The van der Waals surface area contributed by atoms with Crippen molar-refractivity contribution in [3.8, 4) is 0 Å². The lowest BCUT2D eigenvalue weighted by Crippen LogP contribution is -2.26. The molecule has 0 heterocycles. The average Bonchev–Trinajstić information content (AvgIpc) is 2.45. The summed E-state index contributed by atoms with van der Waals surface area (Å²) < 4.78 is 18.2. The molecule has 0 saturated heterocycles. The van der Waals surface area contributed by atoms with Crippen molar-refractivity contribution in [2.75, 3.05) is 0 Å². The number of primary amides is 1. The zero-order valence-corrected chi connectivity index (χ0v) is 11.2. The van der Waals surface area contributed by atoms with E-state index in [0.717, 1.165) is 0 Å². The van der Waals surface area contributed by atoms with Crippen LogP contribution in [0.3, 0.4) is 0 Å². The topological polar surface area (TPSA) is 69.4 Å². The minimum atomic E-state index is -1.15.